The number of hydrogen-bond donors (Lipinski definition) is 1. The van der Waals surface area contributed by atoms with E-state index in [4.69, 9.17) is 9.63 Å². The van der Waals surface area contributed by atoms with Crippen molar-refractivity contribution >= 4 is 5.97 Å². The third kappa shape index (κ3) is 0.841. The summed E-state index contributed by atoms with van der Waals surface area (Å²) in [5.74, 6) is 0.0853. The van der Waals surface area contributed by atoms with Crippen LogP contribution in [0.5, 0.6) is 0 Å². The van der Waals surface area contributed by atoms with Crippen LogP contribution in [0.3, 0.4) is 0 Å². The van der Waals surface area contributed by atoms with E-state index in [9.17, 15) is 4.79 Å². The second kappa shape index (κ2) is 2.33. The number of aromatic nitrogens is 1. The van der Waals surface area contributed by atoms with Gasteiger partial charge >= 0.3 is 5.97 Å². The Morgan fingerprint density at radius 2 is 2.50 bits per heavy atom. The minimum absolute atomic E-state index is 0.0920. The average molecular weight is 167 g/mol. The van der Waals surface area contributed by atoms with E-state index < -0.39 is 5.97 Å². The van der Waals surface area contributed by atoms with Gasteiger partial charge in [-0.1, -0.05) is 12.1 Å². The standard InChI is InChI=1S/C8H9NO3/c1-4-2-3-5-6(8(10)11)9-12-7(4)5/h4H,2-3H2,1H3,(H,10,11). The highest BCUT2D eigenvalue weighted by Gasteiger charge is 2.29. The first kappa shape index (κ1) is 7.34. The molecule has 0 saturated carbocycles. The van der Waals surface area contributed by atoms with Crippen molar-refractivity contribution in [2.75, 3.05) is 0 Å². The molecular weight excluding hydrogens is 158 g/mol. The van der Waals surface area contributed by atoms with Gasteiger partial charge in [0.15, 0.2) is 5.69 Å². The molecule has 0 aromatic carbocycles. The van der Waals surface area contributed by atoms with Crippen molar-refractivity contribution in [2.24, 2.45) is 0 Å². The monoisotopic (exact) mass is 167 g/mol. The summed E-state index contributed by atoms with van der Waals surface area (Å²) in [6.45, 7) is 2.02. The summed E-state index contributed by atoms with van der Waals surface area (Å²) >= 11 is 0. The first-order valence-corrected chi connectivity index (χ1v) is 3.92. The van der Waals surface area contributed by atoms with Crippen molar-refractivity contribution in [2.45, 2.75) is 25.7 Å². The second-order valence-electron chi connectivity index (χ2n) is 3.12. The summed E-state index contributed by atoms with van der Waals surface area (Å²) in [7, 11) is 0. The van der Waals surface area contributed by atoms with Crippen LogP contribution in [-0.2, 0) is 6.42 Å². The van der Waals surface area contributed by atoms with Gasteiger partial charge < -0.3 is 9.63 Å². The first-order chi connectivity index (χ1) is 5.70. The van der Waals surface area contributed by atoms with Gasteiger partial charge in [0.1, 0.15) is 5.76 Å². The molecular formula is C8H9NO3. The Bertz CT molecular complexity index is 329. The quantitative estimate of drug-likeness (QED) is 0.687. The predicted octanol–water partition coefficient (Wildman–Crippen LogP) is 1.42. The molecule has 0 radical (unpaired) electrons. The maximum Gasteiger partial charge on any atom is 0.358 e. The SMILES string of the molecule is CC1CCc2c(C(=O)O)noc21. The Kier molecular flexibility index (Phi) is 1.43. The first-order valence-electron chi connectivity index (χ1n) is 3.92. The summed E-state index contributed by atoms with van der Waals surface area (Å²) in [6.07, 6.45) is 1.75. The third-order valence-corrected chi connectivity index (χ3v) is 2.30. The highest BCUT2D eigenvalue weighted by molar-refractivity contribution is 5.87. The van der Waals surface area contributed by atoms with Crippen molar-refractivity contribution in [3.8, 4) is 0 Å². The lowest BCUT2D eigenvalue weighted by Crippen LogP contribution is -1.99. The molecule has 64 valence electrons. The smallest absolute Gasteiger partial charge is 0.358 e. The van der Waals surface area contributed by atoms with Crippen molar-refractivity contribution in [1.29, 1.82) is 0 Å². The molecule has 0 bridgehead atoms. The van der Waals surface area contributed by atoms with Gasteiger partial charge in [0, 0.05) is 11.5 Å². The van der Waals surface area contributed by atoms with Crippen LogP contribution in [-0.4, -0.2) is 16.2 Å². The van der Waals surface area contributed by atoms with Gasteiger partial charge in [-0.2, -0.15) is 0 Å². The molecule has 12 heavy (non-hydrogen) atoms. The number of carbonyl (C=O) groups is 1. The number of nitrogens with zero attached hydrogens (tertiary/aromatic N) is 1. The van der Waals surface area contributed by atoms with Crippen molar-refractivity contribution < 1.29 is 14.4 Å². The molecule has 1 heterocycles. The van der Waals surface area contributed by atoms with Gasteiger partial charge in [-0.15, -0.1) is 0 Å². The molecule has 1 aromatic rings. The Labute approximate surface area is 69.2 Å². The predicted molar refractivity (Wildman–Crippen MR) is 40.2 cm³/mol. The fraction of sp³-hybridized carbons (Fsp3) is 0.500. The minimum atomic E-state index is -0.992. The van der Waals surface area contributed by atoms with E-state index in [1.54, 1.807) is 0 Å². The molecule has 0 saturated heterocycles. The van der Waals surface area contributed by atoms with Gasteiger partial charge in [-0.3, -0.25) is 0 Å². The molecule has 2 rings (SSSR count). The number of rotatable bonds is 1. The van der Waals surface area contributed by atoms with Gasteiger partial charge in [0.2, 0.25) is 0 Å². The largest absolute Gasteiger partial charge is 0.476 e. The molecule has 4 heteroatoms. The molecule has 0 fully saturated rings. The molecule has 1 aliphatic rings. The highest BCUT2D eigenvalue weighted by atomic mass is 16.5. The molecule has 1 aromatic heterocycles. The number of fused-ring (bicyclic) bond motifs is 1. The lowest BCUT2D eigenvalue weighted by atomic mass is 10.1. The molecule has 0 spiro atoms. The molecule has 0 aliphatic heterocycles. The molecule has 0 amide bonds. The van der Waals surface area contributed by atoms with Crippen LogP contribution >= 0.6 is 0 Å². The number of carboxylic acid groups (broad SMARTS) is 1. The molecule has 1 unspecified atom stereocenters. The minimum Gasteiger partial charge on any atom is -0.476 e. The van der Waals surface area contributed by atoms with E-state index in [-0.39, 0.29) is 5.69 Å². The van der Waals surface area contributed by atoms with Crippen LogP contribution in [0.25, 0.3) is 0 Å². The Hall–Kier alpha value is -1.32. The van der Waals surface area contributed by atoms with Gasteiger partial charge in [-0.25, -0.2) is 4.79 Å². The average Bonchev–Trinajstić information content (AvgIpc) is 2.53. The fourth-order valence-corrected chi connectivity index (χ4v) is 1.61. The summed E-state index contributed by atoms with van der Waals surface area (Å²) < 4.78 is 4.95. The van der Waals surface area contributed by atoms with Crippen LogP contribution in [0.1, 0.15) is 41.1 Å². The Morgan fingerprint density at radius 1 is 1.75 bits per heavy atom. The fourth-order valence-electron chi connectivity index (χ4n) is 1.61. The molecule has 1 N–H and O–H groups in total. The third-order valence-electron chi connectivity index (χ3n) is 2.30. The zero-order chi connectivity index (χ0) is 8.72. The van der Waals surface area contributed by atoms with E-state index in [1.807, 2.05) is 6.92 Å². The molecule has 1 atom stereocenters. The summed E-state index contributed by atoms with van der Waals surface area (Å²) in [5, 5.41) is 12.2. The maximum atomic E-state index is 10.6. The van der Waals surface area contributed by atoms with Crippen molar-refractivity contribution in [3.63, 3.8) is 0 Å². The second-order valence-corrected chi connectivity index (χ2v) is 3.12. The van der Waals surface area contributed by atoms with Crippen LogP contribution in [0, 0.1) is 0 Å². The summed E-state index contributed by atoms with van der Waals surface area (Å²) in [6, 6.07) is 0. The van der Waals surface area contributed by atoms with Crippen molar-refractivity contribution in [3.05, 3.63) is 17.0 Å². The summed E-state index contributed by atoms with van der Waals surface area (Å²) in [5.41, 5.74) is 0.879. The highest BCUT2D eigenvalue weighted by Crippen LogP contribution is 2.34. The van der Waals surface area contributed by atoms with Gasteiger partial charge in [-0.05, 0) is 12.8 Å². The van der Waals surface area contributed by atoms with E-state index in [0.29, 0.717) is 5.92 Å². The zero-order valence-electron chi connectivity index (χ0n) is 6.70. The van der Waals surface area contributed by atoms with Gasteiger partial charge in [0.25, 0.3) is 0 Å². The number of carboxylic acids is 1. The van der Waals surface area contributed by atoms with E-state index in [1.165, 1.54) is 0 Å². The van der Waals surface area contributed by atoms with E-state index in [0.717, 1.165) is 24.2 Å². The van der Waals surface area contributed by atoms with Crippen LogP contribution in [0.15, 0.2) is 4.52 Å². The Morgan fingerprint density at radius 3 is 3.17 bits per heavy atom. The summed E-state index contributed by atoms with van der Waals surface area (Å²) in [4.78, 5) is 10.6. The number of aromatic carboxylic acids is 1. The normalized spacial score (nSPS) is 20.9. The van der Waals surface area contributed by atoms with Crippen LogP contribution in [0.4, 0.5) is 0 Å². The zero-order valence-corrected chi connectivity index (χ0v) is 6.70. The lowest BCUT2D eigenvalue weighted by molar-refractivity contribution is 0.0684. The maximum absolute atomic E-state index is 10.6. The van der Waals surface area contributed by atoms with E-state index in [2.05, 4.69) is 5.16 Å². The van der Waals surface area contributed by atoms with Crippen LogP contribution in [0.2, 0.25) is 0 Å². The topological polar surface area (TPSA) is 63.3 Å². The lowest BCUT2D eigenvalue weighted by Gasteiger charge is -1.93. The molecule has 1 aliphatic carbocycles. The molecule has 4 nitrogen and oxygen atoms in total. The van der Waals surface area contributed by atoms with Crippen LogP contribution < -0.4 is 0 Å². The van der Waals surface area contributed by atoms with Gasteiger partial charge in [0.05, 0.1) is 0 Å². The van der Waals surface area contributed by atoms with E-state index >= 15 is 0 Å². The van der Waals surface area contributed by atoms with Crippen molar-refractivity contribution in [1.82, 2.24) is 5.16 Å². The number of hydrogen-bond acceptors (Lipinski definition) is 3. The Balaban J connectivity index is 2.49.